The summed E-state index contributed by atoms with van der Waals surface area (Å²) in [6.45, 7) is 2.98. The minimum absolute atomic E-state index is 0.0384. The van der Waals surface area contributed by atoms with E-state index < -0.39 is 0 Å². The molecule has 3 heterocycles. The van der Waals surface area contributed by atoms with Gasteiger partial charge >= 0.3 is 0 Å². The number of pyridine rings is 2. The Balaban J connectivity index is 1.90. The summed E-state index contributed by atoms with van der Waals surface area (Å²) in [6.07, 6.45) is 4.62. The molecule has 0 bridgehead atoms. The number of carbonyl (C=O) groups excluding carboxylic acids is 1. The first-order chi connectivity index (χ1) is 15.1. The van der Waals surface area contributed by atoms with E-state index in [1.807, 2.05) is 36.4 Å². The maximum atomic E-state index is 13.2. The second kappa shape index (κ2) is 8.95. The quantitative estimate of drug-likeness (QED) is 0.359. The fraction of sp³-hybridized carbons (Fsp3) is 0.250. The summed E-state index contributed by atoms with van der Waals surface area (Å²) in [5.41, 5.74) is 1.80. The van der Waals surface area contributed by atoms with Crippen molar-refractivity contribution in [2.24, 2.45) is 0 Å². The molecule has 31 heavy (non-hydrogen) atoms. The highest BCUT2D eigenvalue weighted by molar-refractivity contribution is 5.96. The zero-order valence-corrected chi connectivity index (χ0v) is 17.5. The van der Waals surface area contributed by atoms with Gasteiger partial charge in [0, 0.05) is 12.7 Å². The fourth-order valence-electron chi connectivity index (χ4n) is 3.65. The number of hydrogen-bond acceptors (Lipinski definition) is 4. The van der Waals surface area contributed by atoms with Gasteiger partial charge in [0.15, 0.2) is 0 Å². The summed E-state index contributed by atoms with van der Waals surface area (Å²) in [5.74, 6) is -0.345. The molecule has 0 aliphatic carbocycles. The lowest BCUT2D eigenvalue weighted by Gasteiger charge is -2.15. The number of hydrogen-bond donors (Lipinski definition) is 2. The van der Waals surface area contributed by atoms with Gasteiger partial charge in [-0.05, 0) is 30.2 Å². The van der Waals surface area contributed by atoms with Gasteiger partial charge in [-0.25, -0.2) is 4.98 Å². The number of unbranched alkanes of at least 4 members (excludes halogenated alkanes) is 2. The summed E-state index contributed by atoms with van der Waals surface area (Å²) >= 11 is 0. The molecule has 4 aromatic rings. The molecule has 1 aromatic carbocycles. The number of fused-ring (bicyclic) bond motifs is 2. The SMILES string of the molecule is CCCCCNC(=O)c1cc2c(=O)n3ccccc3nc2n(Cc2ccccc2)c1=N. The molecule has 0 radical (unpaired) electrons. The van der Waals surface area contributed by atoms with Crippen molar-refractivity contribution in [2.75, 3.05) is 6.54 Å². The predicted octanol–water partition coefficient (Wildman–Crippen LogP) is 3.10. The number of aromatic nitrogens is 3. The zero-order valence-electron chi connectivity index (χ0n) is 17.5. The Morgan fingerprint density at radius 2 is 1.87 bits per heavy atom. The molecule has 0 atom stereocenters. The smallest absolute Gasteiger partial charge is 0.267 e. The van der Waals surface area contributed by atoms with Crippen LogP contribution in [0.4, 0.5) is 0 Å². The third-order valence-electron chi connectivity index (χ3n) is 5.31. The van der Waals surface area contributed by atoms with Crippen LogP contribution in [-0.4, -0.2) is 26.4 Å². The van der Waals surface area contributed by atoms with Gasteiger partial charge in [0.25, 0.3) is 11.5 Å². The predicted molar refractivity (Wildman–Crippen MR) is 120 cm³/mol. The van der Waals surface area contributed by atoms with Crippen LogP contribution in [0.2, 0.25) is 0 Å². The number of nitrogens with one attached hydrogen (secondary N) is 2. The lowest BCUT2D eigenvalue weighted by atomic mass is 10.1. The largest absolute Gasteiger partial charge is 0.352 e. The molecule has 0 aliphatic rings. The number of rotatable bonds is 7. The van der Waals surface area contributed by atoms with Gasteiger partial charge < -0.3 is 9.88 Å². The van der Waals surface area contributed by atoms with Gasteiger partial charge in [0.1, 0.15) is 16.8 Å². The van der Waals surface area contributed by atoms with Gasteiger partial charge in [-0.15, -0.1) is 0 Å². The Labute approximate surface area is 179 Å². The number of nitrogens with zero attached hydrogens (tertiary/aromatic N) is 3. The van der Waals surface area contributed by atoms with Gasteiger partial charge in [-0.1, -0.05) is 56.2 Å². The Hall–Kier alpha value is -3.74. The van der Waals surface area contributed by atoms with Crippen molar-refractivity contribution in [3.63, 3.8) is 0 Å². The summed E-state index contributed by atoms with van der Waals surface area (Å²) in [6, 6.07) is 16.5. The van der Waals surface area contributed by atoms with Crippen molar-refractivity contribution in [2.45, 2.75) is 32.7 Å². The number of carbonyl (C=O) groups is 1. The fourth-order valence-corrected chi connectivity index (χ4v) is 3.65. The Bertz CT molecular complexity index is 1360. The summed E-state index contributed by atoms with van der Waals surface area (Å²) in [5, 5.41) is 12.0. The van der Waals surface area contributed by atoms with E-state index in [2.05, 4.69) is 17.2 Å². The van der Waals surface area contributed by atoms with Gasteiger partial charge in [0.05, 0.1) is 17.5 Å². The van der Waals surface area contributed by atoms with Crippen LogP contribution in [0.15, 0.2) is 65.6 Å². The molecule has 4 rings (SSSR count). The van der Waals surface area contributed by atoms with Crippen LogP contribution in [0.1, 0.15) is 42.1 Å². The van der Waals surface area contributed by atoms with Crippen molar-refractivity contribution in [3.05, 3.63) is 87.8 Å². The second-order valence-corrected chi connectivity index (χ2v) is 7.52. The summed E-state index contributed by atoms with van der Waals surface area (Å²) < 4.78 is 3.10. The maximum absolute atomic E-state index is 13.2. The molecule has 0 fully saturated rings. The van der Waals surface area contributed by atoms with Gasteiger partial charge in [0.2, 0.25) is 0 Å². The van der Waals surface area contributed by atoms with Crippen LogP contribution in [0.25, 0.3) is 16.7 Å². The Morgan fingerprint density at radius 3 is 2.65 bits per heavy atom. The normalized spacial score (nSPS) is 11.1. The molecule has 7 heteroatoms. The first-order valence-electron chi connectivity index (χ1n) is 10.5. The van der Waals surface area contributed by atoms with E-state index in [-0.39, 0.29) is 22.5 Å². The van der Waals surface area contributed by atoms with Crippen molar-refractivity contribution >= 4 is 22.6 Å². The molecule has 0 saturated heterocycles. The average Bonchev–Trinajstić information content (AvgIpc) is 2.79. The first-order valence-corrected chi connectivity index (χ1v) is 10.5. The highest BCUT2D eigenvalue weighted by Gasteiger charge is 2.17. The third-order valence-corrected chi connectivity index (χ3v) is 5.31. The van der Waals surface area contributed by atoms with E-state index >= 15 is 0 Å². The summed E-state index contributed by atoms with van der Waals surface area (Å²) in [7, 11) is 0. The first kappa shape index (κ1) is 20.5. The molecule has 7 nitrogen and oxygen atoms in total. The highest BCUT2D eigenvalue weighted by atomic mass is 16.1. The van der Waals surface area contributed by atoms with Gasteiger partial charge in [-0.3, -0.25) is 19.4 Å². The topological polar surface area (TPSA) is 92.2 Å². The molecule has 1 amide bonds. The van der Waals surface area contributed by atoms with Crippen LogP contribution in [0, 0.1) is 5.41 Å². The molecular weight excluding hydrogens is 390 g/mol. The van der Waals surface area contributed by atoms with E-state index in [0.29, 0.717) is 29.8 Å². The molecule has 2 N–H and O–H groups in total. The number of benzene rings is 1. The third kappa shape index (κ3) is 4.12. The van der Waals surface area contributed by atoms with Crippen LogP contribution < -0.4 is 16.4 Å². The molecule has 0 aliphatic heterocycles. The lowest BCUT2D eigenvalue weighted by Crippen LogP contribution is -2.35. The van der Waals surface area contributed by atoms with Crippen molar-refractivity contribution in [1.29, 1.82) is 5.41 Å². The van der Waals surface area contributed by atoms with E-state index in [1.165, 1.54) is 10.5 Å². The highest BCUT2D eigenvalue weighted by Crippen LogP contribution is 2.12. The van der Waals surface area contributed by atoms with E-state index in [0.717, 1.165) is 24.8 Å². The van der Waals surface area contributed by atoms with Crippen molar-refractivity contribution in [1.82, 2.24) is 19.3 Å². The monoisotopic (exact) mass is 415 g/mol. The van der Waals surface area contributed by atoms with Crippen LogP contribution in [0.5, 0.6) is 0 Å². The molecule has 0 saturated carbocycles. The standard InChI is InChI=1S/C24H25N5O2/c1-2-3-8-13-26-23(30)18-15-19-22(27-20-12-7-9-14-28(20)24(19)31)29(21(18)25)16-17-10-5-4-6-11-17/h4-7,9-12,14-15,25H,2-3,8,13,16H2,1H3,(H,26,30). The second-order valence-electron chi connectivity index (χ2n) is 7.52. The molecular formula is C24H25N5O2. The minimum Gasteiger partial charge on any atom is -0.352 e. The molecule has 158 valence electrons. The van der Waals surface area contributed by atoms with Crippen LogP contribution in [-0.2, 0) is 6.54 Å². The van der Waals surface area contributed by atoms with E-state index in [9.17, 15) is 9.59 Å². The Morgan fingerprint density at radius 1 is 1.10 bits per heavy atom. The van der Waals surface area contributed by atoms with Crippen molar-refractivity contribution < 1.29 is 4.79 Å². The molecule has 0 unspecified atom stereocenters. The van der Waals surface area contributed by atoms with Crippen molar-refractivity contribution in [3.8, 4) is 0 Å². The summed E-state index contributed by atoms with van der Waals surface area (Å²) in [4.78, 5) is 30.7. The van der Waals surface area contributed by atoms with E-state index in [4.69, 9.17) is 5.41 Å². The molecule has 0 spiro atoms. The van der Waals surface area contributed by atoms with Crippen LogP contribution in [0.3, 0.4) is 0 Å². The number of amides is 1. The zero-order chi connectivity index (χ0) is 21.8. The average molecular weight is 415 g/mol. The maximum Gasteiger partial charge on any atom is 0.267 e. The molecule has 3 aromatic heterocycles. The minimum atomic E-state index is -0.345. The Kier molecular flexibility index (Phi) is 5.93. The van der Waals surface area contributed by atoms with E-state index in [1.54, 1.807) is 22.9 Å². The lowest BCUT2D eigenvalue weighted by molar-refractivity contribution is 0.0950. The van der Waals surface area contributed by atoms with Crippen LogP contribution >= 0.6 is 0 Å². The van der Waals surface area contributed by atoms with Gasteiger partial charge in [-0.2, -0.15) is 0 Å².